The summed E-state index contributed by atoms with van der Waals surface area (Å²) in [5.41, 5.74) is 6.25. The van der Waals surface area contributed by atoms with Crippen molar-refractivity contribution in [3.63, 3.8) is 0 Å². The molecule has 5 heteroatoms. The molecule has 2 N–H and O–H groups in total. The lowest BCUT2D eigenvalue weighted by Crippen LogP contribution is -2.47. The van der Waals surface area contributed by atoms with Crippen molar-refractivity contribution in [1.82, 2.24) is 10.1 Å². The molecule has 5 nitrogen and oxygen atoms in total. The molecular weight excluding hydrogens is 206 g/mol. The average molecular weight is 223 g/mol. The highest BCUT2D eigenvalue weighted by Gasteiger charge is 2.28. The van der Waals surface area contributed by atoms with E-state index >= 15 is 0 Å². The van der Waals surface area contributed by atoms with Crippen LogP contribution in [0.4, 0.5) is 0 Å². The summed E-state index contributed by atoms with van der Waals surface area (Å²) >= 11 is 0. The highest BCUT2D eigenvalue weighted by Crippen LogP contribution is 2.20. The maximum absolute atomic E-state index is 12.2. The number of rotatable bonds is 2. The van der Waals surface area contributed by atoms with Gasteiger partial charge in [0.2, 0.25) is 0 Å². The van der Waals surface area contributed by atoms with Gasteiger partial charge in [-0.15, -0.1) is 0 Å². The third kappa shape index (κ3) is 1.95. The molecule has 1 saturated heterocycles. The zero-order chi connectivity index (χ0) is 11.5. The van der Waals surface area contributed by atoms with E-state index in [-0.39, 0.29) is 11.9 Å². The molecule has 2 heterocycles. The number of piperidine rings is 1. The summed E-state index contributed by atoms with van der Waals surface area (Å²) in [6.45, 7) is 3.06. The van der Waals surface area contributed by atoms with Gasteiger partial charge in [-0.3, -0.25) is 4.79 Å². The minimum absolute atomic E-state index is 0.00565. The monoisotopic (exact) mass is 223 g/mol. The molecule has 0 bridgehead atoms. The maximum Gasteiger partial charge on any atom is 0.259 e. The van der Waals surface area contributed by atoms with Crippen LogP contribution in [-0.2, 0) is 0 Å². The molecule has 1 aliphatic rings. The van der Waals surface area contributed by atoms with Crippen LogP contribution in [0.25, 0.3) is 0 Å². The van der Waals surface area contributed by atoms with Crippen molar-refractivity contribution in [3.05, 3.63) is 17.5 Å². The maximum atomic E-state index is 12.2. The first-order valence-electron chi connectivity index (χ1n) is 5.66. The summed E-state index contributed by atoms with van der Waals surface area (Å²) in [6.07, 6.45) is 4.67. The quantitative estimate of drug-likeness (QED) is 0.809. The summed E-state index contributed by atoms with van der Waals surface area (Å²) < 4.78 is 4.92. The topological polar surface area (TPSA) is 72.4 Å². The van der Waals surface area contributed by atoms with Crippen molar-refractivity contribution in [2.24, 2.45) is 5.73 Å². The second kappa shape index (κ2) is 4.65. The van der Waals surface area contributed by atoms with Gasteiger partial charge in [0.05, 0.1) is 6.20 Å². The largest absolute Gasteiger partial charge is 0.361 e. The first-order valence-corrected chi connectivity index (χ1v) is 5.66. The van der Waals surface area contributed by atoms with Crippen LogP contribution in [0.3, 0.4) is 0 Å². The number of aryl methyl sites for hydroxylation is 1. The summed E-state index contributed by atoms with van der Waals surface area (Å²) in [5, 5.41) is 3.63. The van der Waals surface area contributed by atoms with Gasteiger partial charge in [0.1, 0.15) is 11.3 Å². The molecule has 88 valence electrons. The Morgan fingerprint density at radius 1 is 1.69 bits per heavy atom. The zero-order valence-corrected chi connectivity index (χ0v) is 9.48. The predicted octanol–water partition coefficient (Wildman–Crippen LogP) is 0.936. The first-order chi connectivity index (χ1) is 7.74. The van der Waals surface area contributed by atoms with Gasteiger partial charge < -0.3 is 15.2 Å². The normalized spacial score (nSPS) is 21.1. The van der Waals surface area contributed by atoms with Crippen molar-refractivity contribution in [2.75, 3.05) is 13.1 Å². The Kier molecular flexibility index (Phi) is 3.24. The fourth-order valence-corrected chi connectivity index (χ4v) is 2.17. The number of nitrogens with zero attached hydrogens (tertiary/aromatic N) is 2. The molecule has 0 aromatic carbocycles. The molecule has 1 aromatic heterocycles. The molecule has 2 rings (SSSR count). The van der Waals surface area contributed by atoms with Crippen molar-refractivity contribution in [1.29, 1.82) is 0 Å². The molecule has 0 aliphatic carbocycles. The van der Waals surface area contributed by atoms with E-state index in [9.17, 15) is 4.79 Å². The highest BCUT2D eigenvalue weighted by molar-refractivity contribution is 5.95. The predicted molar refractivity (Wildman–Crippen MR) is 59.0 cm³/mol. The zero-order valence-electron chi connectivity index (χ0n) is 9.48. The number of likely N-dealkylation sites (tertiary alicyclic amines) is 1. The van der Waals surface area contributed by atoms with E-state index in [0.717, 1.165) is 25.8 Å². The van der Waals surface area contributed by atoms with Crippen molar-refractivity contribution in [2.45, 2.75) is 32.2 Å². The number of nitrogens with two attached hydrogens (primary N) is 1. The van der Waals surface area contributed by atoms with Crippen LogP contribution in [0.5, 0.6) is 0 Å². The summed E-state index contributed by atoms with van der Waals surface area (Å²) in [4.78, 5) is 14.1. The third-order valence-electron chi connectivity index (χ3n) is 3.14. The molecule has 1 fully saturated rings. The minimum atomic E-state index is -0.00565. The van der Waals surface area contributed by atoms with E-state index in [1.54, 1.807) is 6.92 Å². The second-order valence-corrected chi connectivity index (χ2v) is 4.18. The lowest BCUT2D eigenvalue weighted by atomic mass is 10.0. The van der Waals surface area contributed by atoms with Crippen LogP contribution in [0, 0.1) is 6.92 Å². The van der Waals surface area contributed by atoms with Crippen molar-refractivity contribution < 1.29 is 9.32 Å². The van der Waals surface area contributed by atoms with E-state index in [1.807, 2.05) is 4.90 Å². The molecule has 1 atom stereocenters. The van der Waals surface area contributed by atoms with Gasteiger partial charge in [0, 0.05) is 19.1 Å². The number of hydrogen-bond acceptors (Lipinski definition) is 4. The van der Waals surface area contributed by atoms with Crippen LogP contribution < -0.4 is 5.73 Å². The Morgan fingerprint density at radius 2 is 2.50 bits per heavy atom. The van der Waals surface area contributed by atoms with Crippen LogP contribution in [0.15, 0.2) is 10.7 Å². The van der Waals surface area contributed by atoms with E-state index < -0.39 is 0 Å². The fourth-order valence-electron chi connectivity index (χ4n) is 2.17. The van der Waals surface area contributed by atoms with E-state index in [4.69, 9.17) is 10.3 Å². The minimum Gasteiger partial charge on any atom is -0.361 e. The molecule has 1 aliphatic heterocycles. The van der Waals surface area contributed by atoms with Gasteiger partial charge in [0.15, 0.2) is 0 Å². The van der Waals surface area contributed by atoms with Crippen molar-refractivity contribution in [3.8, 4) is 0 Å². The number of carbonyl (C=O) groups is 1. The Balaban J connectivity index is 2.17. The lowest BCUT2D eigenvalue weighted by Gasteiger charge is -2.34. The Hall–Kier alpha value is -1.36. The Morgan fingerprint density at radius 3 is 3.12 bits per heavy atom. The van der Waals surface area contributed by atoms with E-state index in [2.05, 4.69) is 5.16 Å². The standard InChI is InChI=1S/C11H17N3O2/c1-8-10(7-13-16-8)11(15)14-5-3-2-4-9(14)6-12/h7,9H,2-6,12H2,1H3. The SMILES string of the molecule is Cc1oncc1C(=O)N1CCCCC1CN. The van der Waals surface area contributed by atoms with Crippen LogP contribution in [0.2, 0.25) is 0 Å². The number of aromatic nitrogens is 1. The number of carbonyl (C=O) groups excluding carboxylic acids is 1. The van der Waals surface area contributed by atoms with Crippen LogP contribution in [-0.4, -0.2) is 35.1 Å². The molecule has 16 heavy (non-hydrogen) atoms. The smallest absolute Gasteiger partial charge is 0.259 e. The molecule has 1 unspecified atom stereocenters. The molecule has 0 saturated carbocycles. The number of hydrogen-bond donors (Lipinski definition) is 1. The first kappa shape index (κ1) is 11.1. The average Bonchev–Trinajstić information content (AvgIpc) is 2.74. The fraction of sp³-hybridized carbons (Fsp3) is 0.636. The number of amides is 1. The molecule has 1 aromatic rings. The van der Waals surface area contributed by atoms with Gasteiger partial charge in [0.25, 0.3) is 5.91 Å². The molecule has 0 spiro atoms. The molecule has 0 radical (unpaired) electrons. The van der Waals surface area contributed by atoms with Gasteiger partial charge in [-0.05, 0) is 26.2 Å². The van der Waals surface area contributed by atoms with E-state index in [1.165, 1.54) is 6.20 Å². The highest BCUT2D eigenvalue weighted by atomic mass is 16.5. The second-order valence-electron chi connectivity index (χ2n) is 4.18. The summed E-state index contributed by atoms with van der Waals surface area (Å²) in [7, 11) is 0. The van der Waals surface area contributed by atoms with Crippen LogP contribution >= 0.6 is 0 Å². The van der Waals surface area contributed by atoms with Gasteiger partial charge >= 0.3 is 0 Å². The van der Waals surface area contributed by atoms with Gasteiger partial charge in [-0.25, -0.2) is 0 Å². The van der Waals surface area contributed by atoms with Crippen LogP contribution in [0.1, 0.15) is 35.4 Å². The molecular formula is C11H17N3O2. The van der Waals surface area contributed by atoms with E-state index in [0.29, 0.717) is 17.9 Å². The van der Waals surface area contributed by atoms with Gasteiger partial charge in [-0.2, -0.15) is 0 Å². The third-order valence-corrected chi connectivity index (χ3v) is 3.14. The van der Waals surface area contributed by atoms with Crippen molar-refractivity contribution >= 4 is 5.91 Å². The molecule has 1 amide bonds. The Labute approximate surface area is 94.6 Å². The Bertz CT molecular complexity index is 375. The summed E-state index contributed by atoms with van der Waals surface area (Å²) in [6, 6.07) is 0.163. The summed E-state index contributed by atoms with van der Waals surface area (Å²) in [5.74, 6) is 0.570. The lowest BCUT2D eigenvalue weighted by molar-refractivity contribution is 0.0621. The van der Waals surface area contributed by atoms with Gasteiger partial charge in [-0.1, -0.05) is 5.16 Å².